The van der Waals surface area contributed by atoms with Gasteiger partial charge in [0.05, 0.1) is 12.8 Å². The van der Waals surface area contributed by atoms with Crippen molar-refractivity contribution in [2.75, 3.05) is 12.3 Å². The lowest BCUT2D eigenvalue weighted by Gasteiger charge is -2.27. The highest BCUT2D eigenvalue weighted by Crippen LogP contribution is 2.40. The highest BCUT2D eigenvalue weighted by atomic mass is 127. The highest BCUT2D eigenvalue weighted by molar-refractivity contribution is 14.1. The van der Waals surface area contributed by atoms with Gasteiger partial charge in [-0.1, -0.05) is 28.7 Å². The maximum atomic E-state index is 5.79. The Bertz CT molecular complexity index is 687. The number of nitrogens with zero attached hydrogens (tertiary/aromatic N) is 3. The Balaban J connectivity index is 1.73. The van der Waals surface area contributed by atoms with E-state index in [0.717, 1.165) is 28.7 Å². The van der Waals surface area contributed by atoms with Gasteiger partial charge in [-0.3, -0.25) is 4.98 Å². The molecule has 1 aliphatic rings. The van der Waals surface area contributed by atoms with Crippen molar-refractivity contribution in [2.24, 2.45) is 15.7 Å². The van der Waals surface area contributed by atoms with Crippen LogP contribution in [0.15, 0.2) is 57.2 Å². The van der Waals surface area contributed by atoms with Crippen molar-refractivity contribution in [1.82, 2.24) is 4.98 Å². The van der Waals surface area contributed by atoms with Crippen LogP contribution < -0.4 is 5.73 Å². The summed E-state index contributed by atoms with van der Waals surface area (Å²) < 4.78 is 5.21. The summed E-state index contributed by atoms with van der Waals surface area (Å²) in [6.45, 7) is 0.544. The first kappa shape index (κ1) is 15.5. The number of thioether (sulfide) groups is 1. The van der Waals surface area contributed by atoms with Gasteiger partial charge in [-0.15, -0.1) is 11.8 Å². The third-order valence-electron chi connectivity index (χ3n) is 3.25. The van der Waals surface area contributed by atoms with E-state index >= 15 is 0 Å². The molecule has 22 heavy (non-hydrogen) atoms. The molecule has 3 heterocycles. The molecule has 0 amide bonds. The minimum Gasteiger partial charge on any atom is -0.467 e. The number of rotatable bonds is 4. The van der Waals surface area contributed by atoms with Gasteiger partial charge < -0.3 is 10.2 Å². The predicted molar refractivity (Wildman–Crippen MR) is 98.7 cm³/mol. The molecule has 0 radical (unpaired) electrons. The molecule has 2 aromatic heterocycles. The van der Waals surface area contributed by atoms with Crippen LogP contribution in [0, 0.1) is 0 Å². The molecule has 0 aromatic carbocycles. The van der Waals surface area contributed by atoms with E-state index in [0.29, 0.717) is 12.5 Å². The van der Waals surface area contributed by atoms with Crippen LogP contribution >= 0.6 is 34.4 Å². The Morgan fingerprint density at radius 3 is 2.95 bits per heavy atom. The van der Waals surface area contributed by atoms with Gasteiger partial charge in [-0.2, -0.15) is 0 Å². The van der Waals surface area contributed by atoms with Gasteiger partial charge in [0.15, 0.2) is 0 Å². The predicted octanol–water partition coefficient (Wildman–Crippen LogP) is 3.01. The zero-order valence-electron chi connectivity index (χ0n) is 11.8. The first-order valence-corrected chi connectivity index (χ1v) is 8.89. The van der Waals surface area contributed by atoms with E-state index in [9.17, 15) is 0 Å². The minimum atomic E-state index is -0.376. The second-order valence-electron chi connectivity index (χ2n) is 4.79. The summed E-state index contributed by atoms with van der Waals surface area (Å²) in [7, 11) is 0. The molecule has 0 bridgehead atoms. The van der Waals surface area contributed by atoms with Gasteiger partial charge in [0.25, 0.3) is 0 Å². The molecule has 2 aromatic rings. The maximum absolute atomic E-state index is 5.79. The first-order chi connectivity index (χ1) is 10.7. The summed E-state index contributed by atoms with van der Waals surface area (Å²) in [6, 6.07) is 9.79. The number of halogens is 1. The van der Waals surface area contributed by atoms with E-state index in [1.54, 1.807) is 18.0 Å². The van der Waals surface area contributed by atoms with Crippen LogP contribution in [-0.4, -0.2) is 28.3 Å². The summed E-state index contributed by atoms with van der Waals surface area (Å²) in [6.07, 6.45) is 4.37. The molecular weight excluding hydrogens is 411 g/mol. The normalized spacial score (nSPS) is 21.3. The third kappa shape index (κ3) is 3.35. The molecule has 1 unspecified atom stereocenters. The molecule has 5 nitrogen and oxygen atoms in total. The lowest BCUT2D eigenvalue weighted by Crippen LogP contribution is -2.36. The summed E-state index contributed by atoms with van der Waals surface area (Å²) in [5.74, 6) is 2.07. The Morgan fingerprint density at radius 1 is 1.32 bits per heavy atom. The summed E-state index contributed by atoms with van der Waals surface area (Å²) >= 11 is 4.04. The summed E-state index contributed by atoms with van der Waals surface area (Å²) in [5.41, 5.74) is 6.86. The molecule has 0 spiro atoms. The van der Waals surface area contributed by atoms with Crippen molar-refractivity contribution in [2.45, 2.75) is 9.84 Å². The van der Waals surface area contributed by atoms with Gasteiger partial charge in [-0.25, -0.2) is 9.98 Å². The fraction of sp³-hybridized carbons (Fsp3) is 0.267. The number of aryl methyl sites for hydroxylation is 1. The number of pyridine rings is 1. The molecular formula is C15H15IN4OS. The second-order valence-corrected chi connectivity index (χ2v) is 7.71. The zero-order valence-corrected chi connectivity index (χ0v) is 14.8. The number of hydrogen-bond acceptors (Lipinski definition) is 6. The van der Waals surface area contributed by atoms with E-state index in [4.69, 9.17) is 10.2 Å². The van der Waals surface area contributed by atoms with E-state index in [-0.39, 0.29) is 3.42 Å². The van der Waals surface area contributed by atoms with Crippen LogP contribution in [0.25, 0.3) is 0 Å². The fourth-order valence-corrected chi connectivity index (χ4v) is 4.24. The number of hydrogen-bond donors (Lipinski definition) is 1. The fourth-order valence-electron chi connectivity index (χ4n) is 2.12. The molecule has 2 N–H and O–H groups in total. The molecule has 114 valence electrons. The standard InChI is InChI=1S/C15H15IN4OS/c16-15(12-5-3-8-21-12)10-19-14(17)20-13(15)22-9-6-11-4-1-2-7-18-11/h1-5,7-8H,6,9-10H2,(H2,17,19). The molecule has 0 aliphatic carbocycles. The largest absolute Gasteiger partial charge is 0.467 e. The quantitative estimate of drug-likeness (QED) is 0.603. The highest BCUT2D eigenvalue weighted by Gasteiger charge is 2.40. The smallest absolute Gasteiger partial charge is 0.216 e. The number of aromatic nitrogens is 1. The number of guanidine groups is 1. The lowest BCUT2D eigenvalue weighted by atomic mass is 10.1. The van der Waals surface area contributed by atoms with E-state index < -0.39 is 0 Å². The molecule has 0 saturated carbocycles. The third-order valence-corrected chi connectivity index (χ3v) is 6.12. The lowest BCUT2D eigenvalue weighted by molar-refractivity contribution is 0.493. The molecule has 7 heteroatoms. The first-order valence-electron chi connectivity index (χ1n) is 6.83. The van der Waals surface area contributed by atoms with E-state index in [1.165, 1.54) is 0 Å². The molecule has 0 saturated heterocycles. The van der Waals surface area contributed by atoms with Crippen molar-refractivity contribution in [3.8, 4) is 0 Å². The van der Waals surface area contributed by atoms with E-state index in [2.05, 4.69) is 37.6 Å². The van der Waals surface area contributed by atoms with Crippen LogP contribution in [-0.2, 0) is 9.84 Å². The van der Waals surface area contributed by atoms with E-state index in [1.807, 2.05) is 36.5 Å². The van der Waals surface area contributed by atoms with Gasteiger partial charge >= 0.3 is 0 Å². The Kier molecular flexibility index (Phi) is 4.82. The topological polar surface area (TPSA) is 76.8 Å². The average Bonchev–Trinajstić information content (AvgIpc) is 3.07. The maximum Gasteiger partial charge on any atom is 0.216 e. The van der Waals surface area contributed by atoms with Crippen molar-refractivity contribution in [3.05, 3.63) is 54.2 Å². The van der Waals surface area contributed by atoms with Crippen LogP contribution in [0.2, 0.25) is 0 Å². The van der Waals surface area contributed by atoms with Crippen molar-refractivity contribution in [3.63, 3.8) is 0 Å². The molecule has 1 atom stereocenters. The number of furan rings is 1. The Morgan fingerprint density at radius 2 is 2.23 bits per heavy atom. The van der Waals surface area contributed by atoms with Crippen molar-refractivity contribution in [1.29, 1.82) is 0 Å². The van der Waals surface area contributed by atoms with Crippen LogP contribution in [0.4, 0.5) is 0 Å². The Labute approximate surface area is 146 Å². The zero-order chi connectivity index (χ0) is 15.4. The number of nitrogens with two attached hydrogens (primary N) is 1. The van der Waals surface area contributed by atoms with Gasteiger partial charge in [0, 0.05) is 17.6 Å². The molecule has 3 rings (SSSR count). The average molecular weight is 426 g/mol. The SMILES string of the molecule is NC1=NCC(I)(c2ccco2)C(SCCc2ccccn2)=N1. The minimum absolute atomic E-state index is 0.333. The molecule has 0 fully saturated rings. The van der Waals surface area contributed by atoms with Crippen LogP contribution in [0.5, 0.6) is 0 Å². The van der Waals surface area contributed by atoms with Crippen LogP contribution in [0.3, 0.4) is 0 Å². The van der Waals surface area contributed by atoms with Gasteiger partial charge in [-0.05, 0) is 30.7 Å². The van der Waals surface area contributed by atoms with Crippen molar-refractivity contribution < 1.29 is 4.42 Å². The van der Waals surface area contributed by atoms with Gasteiger partial charge in [0.1, 0.15) is 14.2 Å². The monoisotopic (exact) mass is 426 g/mol. The summed E-state index contributed by atoms with van der Waals surface area (Å²) in [4.78, 5) is 13.1. The second kappa shape index (κ2) is 6.82. The number of aliphatic imine (C=N–C) groups is 2. The Hall–Kier alpha value is -1.35. The number of alkyl halides is 1. The molecule has 1 aliphatic heterocycles. The van der Waals surface area contributed by atoms with Crippen molar-refractivity contribution >= 4 is 45.4 Å². The van der Waals surface area contributed by atoms with Crippen LogP contribution in [0.1, 0.15) is 11.5 Å². The summed E-state index contributed by atoms with van der Waals surface area (Å²) in [5, 5.41) is 0.937. The van der Waals surface area contributed by atoms with Gasteiger partial charge in [0.2, 0.25) is 5.96 Å².